The van der Waals surface area contributed by atoms with Gasteiger partial charge in [0.1, 0.15) is 11.3 Å². The molecule has 6 nitrogen and oxygen atoms in total. The number of imide groups is 1. The van der Waals surface area contributed by atoms with Gasteiger partial charge in [-0.2, -0.15) is 0 Å². The maximum absolute atomic E-state index is 13.0. The Kier molecular flexibility index (Phi) is 5.23. The number of amides is 3. The van der Waals surface area contributed by atoms with Gasteiger partial charge in [-0.05, 0) is 72.1 Å². The lowest BCUT2D eigenvalue weighted by atomic mass is 9.67. The Morgan fingerprint density at radius 2 is 1.96 bits per heavy atom. The molecule has 0 aromatic carbocycles. The van der Waals surface area contributed by atoms with Gasteiger partial charge in [-0.15, -0.1) is 0 Å². The van der Waals surface area contributed by atoms with Crippen molar-refractivity contribution >= 4 is 27.9 Å². The van der Waals surface area contributed by atoms with E-state index in [9.17, 15) is 9.59 Å². The highest BCUT2D eigenvalue weighted by Crippen LogP contribution is 2.43. The van der Waals surface area contributed by atoms with Gasteiger partial charge in [0.15, 0.2) is 4.67 Å². The molecule has 144 valence electrons. The van der Waals surface area contributed by atoms with Crippen molar-refractivity contribution in [1.29, 1.82) is 0 Å². The zero-order valence-corrected chi connectivity index (χ0v) is 17.6. The molecular formula is C19H28BrN3O3. The Hall–Kier alpha value is -1.34. The molecule has 0 bridgehead atoms. The van der Waals surface area contributed by atoms with Gasteiger partial charge in [-0.25, -0.2) is 9.69 Å². The first-order valence-electron chi connectivity index (χ1n) is 9.18. The molecule has 26 heavy (non-hydrogen) atoms. The minimum absolute atomic E-state index is 0.0812. The fourth-order valence-electron chi connectivity index (χ4n) is 4.11. The Morgan fingerprint density at radius 3 is 2.50 bits per heavy atom. The summed E-state index contributed by atoms with van der Waals surface area (Å²) in [5, 5.41) is 2.99. The second-order valence-electron chi connectivity index (χ2n) is 8.75. The fourth-order valence-corrected chi connectivity index (χ4v) is 4.45. The summed E-state index contributed by atoms with van der Waals surface area (Å²) in [5.74, 6) is 1.29. The van der Waals surface area contributed by atoms with E-state index in [1.165, 1.54) is 4.90 Å². The number of urea groups is 1. The van der Waals surface area contributed by atoms with E-state index < -0.39 is 5.54 Å². The first-order valence-corrected chi connectivity index (χ1v) is 9.97. The summed E-state index contributed by atoms with van der Waals surface area (Å²) in [6, 6.07) is 3.43. The Labute approximate surface area is 163 Å². The number of nitrogens with zero attached hydrogens (tertiary/aromatic N) is 2. The molecule has 2 fully saturated rings. The minimum Gasteiger partial charge on any atom is -0.453 e. The highest BCUT2D eigenvalue weighted by molar-refractivity contribution is 9.10. The third-order valence-electron chi connectivity index (χ3n) is 5.75. The van der Waals surface area contributed by atoms with Crippen molar-refractivity contribution in [3.63, 3.8) is 0 Å². The molecule has 2 aliphatic rings. The lowest BCUT2D eigenvalue weighted by Crippen LogP contribution is -2.51. The molecule has 1 aromatic rings. The van der Waals surface area contributed by atoms with Gasteiger partial charge in [0.2, 0.25) is 0 Å². The van der Waals surface area contributed by atoms with Crippen molar-refractivity contribution in [3.8, 4) is 0 Å². The second kappa shape index (κ2) is 7.00. The highest BCUT2D eigenvalue weighted by Gasteiger charge is 2.53. The molecule has 1 aliphatic carbocycles. The molecule has 1 aromatic heterocycles. The van der Waals surface area contributed by atoms with Crippen LogP contribution in [0.3, 0.4) is 0 Å². The van der Waals surface area contributed by atoms with Crippen LogP contribution in [-0.2, 0) is 11.3 Å². The molecule has 0 radical (unpaired) electrons. The van der Waals surface area contributed by atoms with Crippen LogP contribution in [0.1, 0.15) is 52.2 Å². The van der Waals surface area contributed by atoms with E-state index in [0.717, 1.165) is 31.4 Å². The molecule has 3 amide bonds. The van der Waals surface area contributed by atoms with Crippen LogP contribution in [0.4, 0.5) is 4.79 Å². The van der Waals surface area contributed by atoms with Gasteiger partial charge < -0.3 is 9.73 Å². The average molecular weight is 426 g/mol. The molecular weight excluding hydrogens is 398 g/mol. The average Bonchev–Trinajstić information content (AvgIpc) is 3.04. The summed E-state index contributed by atoms with van der Waals surface area (Å²) in [4.78, 5) is 28.7. The maximum Gasteiger partial charge on any atom is 0.326 e. The molecule has 1 aliphatic heterocycles. The largest absolute Gasteiger partial charge is 0.453 e. The predicted molar refractivity (Wildman–Crippen MR) is 102 cm³/mol. The predicted octanol–water partition coefficient (Wildman–Crippen LogP) is 3.96. The Bertz CT molecular complexity index is 686. The van der Waals surface area contributed by atoms with Gasteiger partial charge >= 0.3 is 6.03 Å². The Morgan fingerprint density at radius 1 is 1.31 bits per heavy atom. The molecule has 1 spiro atoms. The van der Waals surface area contributed by atoms with Crippen LogP contribution in [0.25, 0.3) is 0 Å². The van der Waals surface area contributed by atoms with Crippen LogP contribution in [0.2, 0.25) is 0 Å². The smallest absolute Gasteiger partial charge is 0.326 e. The maximum atomic E-state index is 13.0. The lowest BCUT2D eigenvalue weighted by Gasteiger charge is -2.40. The molecule has 1 N–H and O–H groups in total. The molecule has 0 atom stereocenters. The van der Waals surface area contributed by atoms with Crippen molar-refractivity contribution in [1.82, 2.24) is 15.1 Å². The zero-order chi connectivity index (χ0) is 19.1. The molecule has 2 heterocycles. The van der Waals surface area contributed by atoms with Gasteiger partial charge in [-0.1, -0.05) is 20.8 Å². The van der Waals surface area contributed by atoms with Crippen molar-refractivity contribution in [3.05, 3.63) is 22.6 Å². The van der Waals surface area contributed by atoms with E-state index >= 15 is 0 Å². The number of halogens is 1. The molecule has 3 rings (SSSR count). The van der Waals surface area contributed by atoms with E-state index in [4.69, 9.17) is 4.42 Å². The summed E-state index contributed by atoms with van der Waals surface area (Å²) in [6.45, 7) is 7.53. The number of hydrogen-bond donors (Lipinski definition) is 1. The lowest BCUT2D eigenvalue weighted by molar-refractivity contribution is -0.134. The van der Waals surface area contributed by atoms with Crippen LogP contribution >= 0.6 is 15.9 Å². The van der Waals surface area contributed by atoms with E-state index in [1.54, 1.807) is 0 Å². The van der Waals surface area contributed by atoms with Crippen molar-refractivity contribution in [2.75, 3.05) is 13.7 Å². The topological polar surface area (TPSA) is 65.8 Å². The van der Waals surface area contributed by atoms with Crippen LogP contribution < -0.4 is 5.32 Å². The van der Waals surface area contributed by atoms with Gasteiger partial charge in [0.25, 0.3) is 5.91 Å². The first kappa shape index (κ1) is 19.4. The summed E-state index contributed by atoms with van der Waals surface area (Å²) in [7, 11) is 1.87. The van der Waals surface area contributed by atoms with Crippen LogP contribution in [-0.4, -0.2) is 41.0 Å². The van der Waals surface area contributed by atoms with Crippen LogP contribution in [0.5, 0.6) is 0 Å². The SMILES string of the molecule is CN(Cc1ccc(Br)o1)CN1C(=O)NC2(CCC(C(C)(C)C)CC2)C1=O. The summed E-state index contributed by atoms with van der Waals surface area (Å²) >= 11 is 3.28. The Balaban J connectivity index is 1.62. The number of nitrogens with one attached hydrogen (secondary N) is 1. The molecule has 7 heteroatoms. The van der Waals surface area contributed by atoms with Crippen molar-refractivity contribution in [2.24, 2.45) is 11.3 Å². The van der Waals surface area contributed by atoms with E-state index in [1.807, 2.05) is 24.1 Å². The monoisotopic (exact) mass is 425 g/mol. The fraction of sp³-hybridized carbons (Fsp3) is 0.684. The van der Waals surface area contributed by atoms with E-state index in [-0.39, 0.29) is 24.0 Å². The number of furan rings is 1. The van der Waals surface area contributed by atoms with Gasteiger partial charge in [0, 0.05) is 0 Å². The summed E-state index contributed by atoms with van der Waals surface area (Å²) in [5.41, 5.74) is -0.460. The molecule has 0 unspecified atom stereocenters. The number of carbonyl (C=O) groups is 2. The highest BCUT2D eigenvalue weighted by atomic mass is 79.9. The number of rotatable bonds is 4. The van der Waals surface area contributed by atoms with Crippen molar-refractivity contribution < 1.29 is 14.0 Å². The standard InChI is InChI=1S/C19H28BrN3O3/c1-18(2,3)13-7-9-19(10-8-13)16(24)23(17(25)21-19)12-22(4)11-14-5-6-15(20)26-14/h5-6,13H,7-12H2,1-4H3,(H,21,25). The minimum atomic E-state index is -0.701. The van der Waals surface area contributed by atoms with Gasteiger partial charge in [0.05, 0.1) is 13.2 Å². The van der Waals surface area contributed by atoms with E-state index in [0.29, 0.717) is 17.1 Å². The normalized spacial score (nSPS) is 26.8. The number of hydrogen-bond acceptors (Lipinski definition) is 4. The van der Waals surface area contributed by atoms with Gasteiger partial charge in [-0.3, -0.25) is 9.69 Å². The third-order valence-corrected chi connectivity index (χ3v) is 6.17. The second-order valence-corrected chi connectivity index (χ2v) is 9.53. The summed E-state index contributed by atoms with van der Waals surface area (Å²) in [6.07, 6.45) is 3.40. The number of carbonyl (C=O) groups excluding carboxylic acids is 2. The summed E-state index contributed by atoms with van der Waals surface area (Å²) < 4.78 is 6.17. The third kappa shape index (κ3) is 3.83. The molecule has 1 saturated heterocycles. The molecule has 1 saturated carbocycles. The van der Waals surface area contributed by atoms with Crippen molar-refractivity contribution in [2.45, 2.75) is 58.5 Å². The van der Waals surface area contributed by atoms with E-state index in [2.05, 4.69) is 42.0 Å². The van der Waals surface area contributed by atoms with Crippen LogP contribution in [0, 0.1) is 11.3 Å². The van der Waals surface area contributed by atoms with Crippen LogP contribution in [0.15, 0.2) is 21.2 Å². The first-order chi connectivity index (χ1) is 12.1. The zero-order valence-electron chi connectivity index (χ0n) is 16.0. The quantitative estimate of drug-likeness (QED) is 0.741.